The molecule has 3 rings (SSSR count). The van der Waals surface area contributed by atoms with Crippen LogP contribution in [0.1, 0.15) is 46.0 Å². The molecule has 1 aromatic rings. The molecule has 1 aliphatic heterocycles. The summed E-state index contributed by atoms with van der Waals surface area (Å²) in [5, 5.41) is 10.5. The van der Waals surface area contributed by atoms with Crippen LogP contribution in [0.15, 0.2) is 35.4 Å². The fourth-order valence-corrected chi connectivity index (χ4v) is 3.49. The van der Waals surface area contributed by atoms with Gasteiger partial charge in [-0.2, -0.15) is 5.10 Å². The second-order valence-corrected chi connectivity index (χ2v) is 5.79. The number of nitrogens with one attached hydrogen (secondary N) is 1. The number of hydrogen-bond donors (Lipinski definition) is 1. The van der Waals surface area contributed by atoms with Crippen molar-refractivity contribution < 1.29 is 0 Å². The van der Waals surface area contributed by atoms with Crippen molar-refractivity contribution in [3.05, 3.63) is 30.3 Å². The average molecular weight is 287 g/mol. The third kappa shape index (κ3) is 3.65. The molecule has 0 atom stereocenters. The minimum Gasteiger partial charge on any atom is -0.317 e. The minimum atomic E-state index is 0.397. The van der Waals surface area contributed by atoms with Crippen molar-refractivity contribution >= 4 is 11.4 Å². The Labute approximate surface area is 129 Å². The Morgan fingerprint density at radius 2 is 1.71 bits per heavy atom. The van der Waals surface area contributed by atoms with Gasteiger partial charge in [-0.3, -0.25) is 5.01 Å². The Kier molecular flexibility index (Phi) is 5.80. The largest absolute Gasteiger partial charge is 0.317 e. The van der Waals surface area contributed by atoms with Gasteiger partial charge in [0, 0.05) is 18.2 Å². The van der Waals surface area contributed by atoms with Gasteiger partial charge in [-0.1, -0.05) is 32.0 Å². The number of rotatable bonds is 2. The number of hydrogen-bond acceptors (Lipinski definition) is 3. The fraction of sp³-hybridized carbons (Fsp3) is 0.611. The van der Waals surface area contributed by atoms with Gasteiger partial charge in [-0.05, 0) is 57.3 Å². The van der Waals surface area contributed by atoms with E-state index in [1.54, 1.807) is 0 Å². The summed E-state index contributed by atoms with van der Waals surface area (Å²) in [6.45, 7) is 6.29. The fourth-order valence-electron chi connectivity index (χ4n) is 3.49. The highest BCUT2D eigenvalue weighted by Gasteiger charge is 2.40. The molecule has 2 aliphatic rings. The van der Waals surface area contributed by atoms with Gasteiger partial charge in [0.2, 0.25) is 0 Å². The lowest BCUT2D eigenvalue weighted by molar-refractivity contribution is 0.296. The summed E-state index contributed by atoms with van der Waals surface area (Å²) >= 11 is 0. The molecular weight excluding hydrogens is 258 g/mol. The van der Waals surface area contributed by atoms with E-state index in [4.69, 9.17) is 5.10 Å². The van der Waals surface area contributed by atoms with Gasteiger partial charge in [-0.25, -0.2) is 0 Å². The van der Waals surface area contributed by atoms with E-state index in [2.05, 4.69) is 36.6 Å². The van der Waals surface area contributed by atoms with Gasteiger partial charge in [0.1, 0.15) is 0 Å². The summed E-state index contributed by atoms with van der Waals surface area (Å²) in [5.74, 6) is 0. The van der Waals surface area contributed by atoms with Gasteiger partial charge in [0.25, 0.3) is 0 Å². The Morgan fingerprint density at radius 3 is 2.38 bits per heavy atom. The van der Waals surface area contributed by atoms with Gasteiger partial charge in [0.05, 0.1) is 5.69 Å². The lowest BCUT2D eigenvalue weighted by Crippen LogP contribution is -2.40. The summed E-state index contributed by atoms with van der Waals surface area (Å²) in [7, 11) is 2.06. The zero-order valence-corrected chi connectivity index (χ0v) is 13.7. The predicted molar refractivity (Wildman–Crippen MR) is 92.0 cm³/mol. The number of piperidine rings is 1. The molecule has 1 aromatic carbocycles. The maximum absolute atomic E-state index is 4.95. The van der Waals surface area contributed by atoms with E-state index >= 15 is 0 Å². The van der Waals surface area contributed by atoms with E-state index in [1.807, 2.05) is 24.9 Å². The third-order valence-corrected chi connectivity index (χ3v) is 4.64. The lowest BCUT2D eigenvalue weighted by Gasteiger charge is -2.35. The Bertz CT molecular complexity index is 447. The molecule has 0 unspecified atom stereocenters. The summed E-state index contributed by atoms with van der Waals surface area (Å²) in [6, 6.07) is 10.4. The minimum absolute atomic E-state index is 0.397. The molecule has 0 aromatic heterocycles. The molecule has 116 valence electrons. The van der Waals surface area contributed by atoms with Crippen LogP contribution in [-0.2, 0) is 0 Å². The van der Waals surface area contributed by atoms with E-state index in [0.717, 1.165) is 13.1 Å². The van der Waals surface area contributed by atoms with Crippen molar-refractivity contribution in [3.63, 3.8) is 0 Å². The monoisotopic (exact) mass is 287 g/mol. The molecule has 0 amide bonds. The first-order chi connectivity index (χ1) is 10.3. The summed E-state index contributed by atoms with van der Waals surface area (Å²) in [4.78, 5) is 0. The molecule has 1 saturated carbocycles. The molecule has 1 N–H and O–H groups in total. The predicted octanol–water partition coefficient (Wildman–Crippen LogP) is 4.06. The van der Waals surface area contributed by atoms with Gasteiger partial charge < -0.3 is 5.32 Å². The smallest absolute Gasteiger partial charge is 0.0590 e. The van der Waals surface area contributed by atoms with Crippen LogP contribution in [0.3, 0.4) is 0 Å². The summed E-state index contributed by atoms with van der Waals surface area (Å²) < 4.78 is 0. The average Bonchev–Trinajstić information content (AvgIpc) is 2.93. The van der Waals surface area contributed by atoms with E-state index < -0.39 is 0 Å². The molecule has 0 radical (unpaired) electrons. The molecule has 1 spiro atoms. The molecule has 1 saturated heterocycles. The maximum atomic E-state index is 4.95. The van der Waals surface area contributed by atoms with Crippen LogP contribution in [0.4, 0.5) is 5.69 Å². The Hall–Kier alpha value is -1.35. The molecule has 0 bridgehead atoms. The Morgan fingerprint density at radius 1 is 1.05 bits per heavy atom. The molecular formula is C18H29N3. The summed E-state index contributed by atoms with van der Waals surface area (Å²) in [6.07, 6.45) is 6.33. The highest BCUT2D eigenvalue weighted by Crippen LogP contribution is 2.43. The third-order valence-electron chi connectivity index (χ3n) is 4.64. The zero-order valence-electron chi connectivity index (χ0n) is 13.7. The van der Waals surface area contributed by atoms with Crippen LogP contribution < -0.4 is 10.3 Å². The molecule has 2 fully saturated rings. The van der Waals surface area contributed by atoms with Crippen molar-refractivity contribution in [2.24, 2.45) is 10.5 Å². The van der Waals surface area contributed by atoms with Crippen molar-refractivity contribution in [1.29, 1.82) is 0 Å². The van der Waals surface area contributed by atoms with Crippen molar-refractivity contribution in [1.82, 2.24) is 5.32 Å². The zero-order chi connectivity index (χ0) is 15.1. The maximum Gasteiger partial charge on any atom is 0.0590 e. The van der Waals surface area contributed by atoms with Crippen molar-refractivity contribution in [3.8, 4) is 0 Å². The van der Waals surface area contributed by atoms with Crippen LogP contribution in [0.2, 0.25) is 0 Å². The first-order valence-electron chi connectivity index (χ1n) is 8.38. The topological polar surface area (TPSA) is 27.6 Å². The molecule has 1 aliphatic carbocycles. The SMILES string of the molecule is CC.CN(/N=C1/CCCC12CCNCC2)c1ccccc1. The van der Waals surface area contributed by atoms with Crippen LogP contribution in [0.25, 0.3) is 0 Å². The Balaban J connectivity index is 0.000000774. The van der Waals surface area contributed by atoms with E-state index in [1.165, 1.54) is 43.5 Å². The van der Waals surface area contributed by atoms with Crippen molar-refractivity contribution in [2.75, 3.05) is 25.1 Å². The van der Waals surface area contributed by atoms with Gasteiger partial charge >= 0.3 is 0 Å². The van der Waals surface area contributed by atoms with Gasteiger partial charge in [0.15, 0.2) is 0 Å². The first kappa shape index (κ1) is 16.0. The van der Waals surface area contributed by atoms with E-state index in [-0.39, 0.29) is 0 Å². The van der Waals surface area contributed by atoms with Crippen LogP contribution >= 0.6 is 0 Å². The quantitative estimate of drug-likeness (QED) is 0.831. The lowest BCUT2D eigenvalue weighted by atomic mass is 9.76. The second kappa shape index (κ2) is 7.60. The normalized spacial score (nSPS) is 22.0. The van der Waals surface area contributed by atoms with Crippen LogP contribution in [-0.4, -0.2) is 25.8 Å². The number of anilines is 1. The van der Waals surface area contributed by atoms with Gasteiger partial charge in [-0.15, -0.1) is 0 Å². The second-order valence-electron chi connectivity index (χ2n) is 5.79. The van der Waals surface area contributed by atoms with Crippen LogP contribution in [0, 0.1) is 5.41 Å². The number of benzene rings is 1. The highest BCUT2D eigenvalue weighted by molar-refractivity contribution is 5.92. The highest BCUT2D eigenvalue weighted by atomic mass is 15.4. The number of nitrogens with zero attached hydrogens (tertiary/aromatic N) is 2. The molecule has 21 heavy (non-hydrogen) atoms. The molecule has 1 heterocycles. The standard InChI is InChI=1S/C16H23N3.C2H6/c1-19(14-6-3-2-4-7-14)18-15-8-5-9-16(15)10-12-17-13-11-16;1-2/h2-4,6-7,17H,5,8-13H2,1H3;1-2H3/b18-15-;. The van der Waals surface area contributed by atoms with E-state index in [9.17, 15) is 0 Å². The molecule has 3 heteroatoms. The summed E-state index contributed by atoms with van der Waals surface area (Å²) in [5.41, 5.74) is 3.00. The number of para-hydroxylation sites is 1. The van der Waals surface area contributed by atoms with Crippen LogP contribution in [0.5, 0.6) is 0 Å². The number of hydrazone groups is 1. The first-order valence-corrected chi connectivity index (χ1v) is 8.38. The molecule has 3 nitrogen and oxygen atoms in total. The van der Waals surface area contributed by atoms with Crippen molar-refractivity contribution in [2.45, 2.75) is 46.0 Å². The van der Waals surface area contributed by atoms with E-state index in [0.29, 0.717) is 5.41 Å².